The Morgan fingerprint density at radius 3 is 2.70 bits per heavy atom. The molecule has 0 spiro atoms. The Morgan fingerprint density at radius 1 is 1.40 bits per heavy atom. The maximum atomic E-state index is 11.9. The first kappa shape index (κ1) is 14.3. The van der Waals surface area contributed by atoms with Gasteiger partial charge in [-0.15, -0.1) is 0 Å². The van der Waals surface area contributed by atoms with Gasteiger partial charge < -0.3 is 15.8 Å². The predicted octanol–water partition coefficient (Wildman–Crippen LogP) is 2.62. The van der Waals surface area contributed by atoms with Crippen LogP contribution in [0, 0.1) is 0 Å². The summed E-state index contributed by atoms with van der Waals surface area (Å²) in [5.74, 6) is 1.07. The Bertz CT molecular complexity index is 614. The Labute approximate surface area is 125 Å². The van der Waals surface area contributed by atoms with Crippen molar-refractivity contribution < 1.29 is 9.53 Å². The van der Waals surface area contributed by atoms with Gasteiger partial charge in [0.05, 0.1) is 29.9 Å². The molecule has 1 aromatic carbocycles. The average molecular weight is 336 g/mol. The van der Waals surface area contributed by atoms with E-state index in [9.17, 15) is 4.79 Å². The third kappa shape index (κ3) is 3.71. The zero-order chi connectivity index (χ0) is 14.5. The van der Waals surface area contributed by atoms with Crippen molar-refractivity contribution in [1.82, 2.24) is 4.98 Å². The van der Waals surface area contributed by atoms with Gasteiger partial charge >= 0.3 is 0 Å². The molecular formula is C14H14BrN3O2. The van der Waals surface area contributed by atoms with Gasteiger partial charge in [-0.25, -0.2) is 4.98 Å². The molecule has 1 heterocycles. The fourth-order valence-corrected chi connectivity index (χ4v) is 2.12. The van der Waals surface area contributed by atoms with E-state index in [0.717, 1.165) is 11.3 Å². The summed E-state index contributed by atoms with van der Waals surface area (Å²) in [6.45, 7) is 0. The number of nitrogen functional groups attached to an aromatic ring is 1. The molecule has 1 amide bonds. The smallest absolute Gasteiger partial charge is 0.229 e. The number of nitrogens with two attached hydrogens (primary N) is 1. The van der Waals surface area contributed by atoms with Crippen molar-refractivity contribution in [3.8, 4) is 5.75 Å². The van der Waals surface area contributed by atoms with Crippen LogP contribution in [0.1, 0.15) is 5.56 Å². The molecule has 0 atom stereocenters. The molecule has 6 heteroatoms. The van der Waals surface area contributed by atoms with E-state index in [0.29, 0.717) is 16.0 Å². The van der Waals surface area contributed by atoms with Crippen molar-refractivity contribution in [2.24, 2.45) is 0 Å². The minimum atomic E-state index is -0.145. The van der Waals surface area contributed by atoms with E-state index in [1.54, 1.807) is 13.2 Å². The molecule has 0 aliphatic carbocycles. The number of aromatic nitrogens is 1. The second-order valence-corrected chi connectivity index (χ2v) is 5.03. The summed E-state index contributed by atoms with van der Waals surface area (Å²) in [5.41, 5.74) is 7.02. The number of methoxy groups -OCH3 is 1. The van der Waals surface area contributed by atoms with Gasteiger partial charge in [-0.1, -0.05) is 12.1 Å². The molecule has 0 aliphatic heterocycles. The van der Waals surface area contributed by atoms with Crippen LogP contribution < -0.4 is 15.8 Å². The number of hydrogen-bond donors (Lipinski definition) is 2. The maximum Gasteiger partial charge on any atom is 0.229 e. The van der Waals surface area contributed by atoms with Crippen molar-refractivity contribution in [3.05, 3.63) is 46.6 Å². The summed E-state index contributed by atoms with van der Waals surface area (Å²) < 4.78 is 5.72. The lowest BCUT2D eigenvalue weighted by Gasteiger charge is -2.07. The van der Waals surface area contributed by atoms with Gasteiger partial charge in [0.1, 0.15) is 11.6 Å². The van der Waals surface area contributed by atoms with Crippen molar-refractivity contribution in [2.45, 2.75) is 6.42 Å². The van der Waals surface area contributed by atoms with Gasteiger partial charge in [0, 0.05) is 0 Å². The van der Waals surface area contributed by atoms with Crippen molar-refractivity contribution >= 4 is 33.3 Å². The molecule has 0 aliphatic rings. The molecule has 0 saturated carbocycles. The van der Waals surface area contributed by atoms with Crippen LogP contribution in [0.2, 0.25) is 0 Å². The Morgan fingerprint density at radius 2 is 2.10 bits per heavy atom. The lowest BCUT2D eigenvalue weighted by atomic mass is 10.1. The van der Waals surface area contributed by atoms with Crippen LogP contribution in [-0.2, 0) is 11.2 Å². The Balaban J connectivity index is 2.01. The molecule has 1 aromatic heterocycles. The lowest BCUT2D eigenvalue weighted by molar-refractivity contribution is -0.115. The predicted molar refractivity (Wildman–Crippen MR) is 81.7 cm³/mol. The summed E-state index contributed by atoms with van der Waals surface area (Å²) >= 11 is 3.31. The highest BCUT2D eigenvalue weighted by molar-refractivity contribution is 9.10. The fraction of sp³-hybridized carbons (Fsp3) is 0.143. The van der Waals surface area contributed by atoms with Crippen molar-refractivity contribution in [1.29, 1.82) is 0 Å². The topological polar surface area (TPSA) is 77.2 Å². The summed E-state index contributed by atoms with van der Waals surface area (Å²) in [4.78, 5) is 16.0. The number of carbonyl (C=O) groups excluding carboxylic acids is 1. The molecule has 3 N–H and O–H groups in total. The second-order valence-electron chi connectivity index (χ2n) is 4.17. The number of pyridine rings is 1. The zero-order valence-electron chi connectivity index (χ0n) is 10.9. The minimum absolute atomic E-state index is 0.145. The third-order valence-electron chi connectivity index (χ3n) is 2.64. The number of nitrogens with zero attached hydrogens (tertiary/aromatic N) is 1. The monoisotopic (exact) mass is 335 g/mol. The van der Waals surface area contributed by atoms with E-state index in [1.165, 1.54) is 6.20 Å². The second kappa shape index (κ2) is 6.38. The highest BCUT2D eigenvalue weighted by Crippen LogP contribution is 2.22. The summed E-state index contributed by atoms with van der Waals surface area (Å²) in [6, 6.07) is 9.03. The Kier molecular flexibility index (Phi) is 4.57. The molecule has 5 nitrogen and oxygen atoms in total. The summed E-state index contributed by atoms with van der Waals surface area (Å²) in [6.07, 6.45) is 1.76. The van der Waals surface area contributed by atoms with Crippen LogP contribution >= 0.6 is 15.9 Å². The molecule has 2 aromatic rings. The number of amides is 1. The zero-order valence-corrected chi connectivity index (χ0v) is 12.5. The van der Waals surface area contributed by atoms with Crippen molar-refractivity contribution in [3.63, 3.8) is 0 Å². The highest BCUT2D eigenvalue weighted by Gasteiger charge is 2.08. The SMILES string of the molecule is COc1ccc(CC(=O)Nc2ncc(N)cc2Br)cc1. The normalized spacial score (nSPS) is 10.1. The van der Waals surface area contributed by atoms with E-state index in [4.69, 9.17) is 10.5 Å². The molecule has 0 bridgehead atoms. The van der Waals surface area contributed by atoms with Crippen LogP contribution in [0.15, 0.2) is 41.0 Å². The van der Waals surface area contributed by atoms with Crippen LogP contribution in [-0.4, -0.2) is 18.0 Å². The molecule has 20 heavy (non-hydrogen) atoms. The van der Waals surface area contributed by atoms with Gasteiger partial charge in [0.15, 0.2) is 0 Å². The van der Waals surface area contributed by atoms with Crippen LogP contribution in [0.25, 0.3) is 0 Å². The quantitative estimate of drug-likeness (QED) is 0.900. The van der Waals surface area contributed by atoms with Crippen LogP contribution in [0.3, 0.4) is 0 Å². The van der Waals surface area contributed by atoms with E-state index >= 15 is 0 Å². The van der Waals surface area contributed by atoms with Crippen LogP contribution in [0.5, 0.6) is 5.75 Å². The van der Waals surface area contributed by atoms with Crippen LogP contribution in [0.4, 0.5) is 11.5 Å². The van der Waals surface area contributed by atoms with Gasteiger partial charge in [-0.3, -0.25) is 4.79 Å². The van der Waals surface area contributed by atoms with E-state index in [-0.39, 0.29) is 12.3 Å². The molecule has 0 radical (unpaired) electrons. The number of benzene rings is 1. The summed E-state index contributed by atoms with van der Waals surface area (Å²) in [7, 11) is 1.60. The number of anilines is 2. The number of rotatable bonds is 4. The molecule has 2 rings (SSSR count). The van der Waals surface area contributed by atoms with Gasteiger partial charge in [0.25, 0.3) is 0 Å². The first-order valence-electron chi connectivity index (χ1n) is 5.92. The lowest BCUT2D eigenvalue weighted by Crippen LogP contribution is -2.15. The minimum Gasteiger partial charge on any atom is -0.497 e. The first-order valence-corrected chi connectivity index (χ1v) is 6.71. The molecule has 0 fully saturated rings. The fourth-order valence-electron chi connectivity index (χ4n) is 1.65. The molecule has 0 unspecified atom stereocenters. The largest absolute Gasteiger partial charge is 0.497 e. The standard InChI is InChI=1S/C14H14BrN3O2/c1-20-11-4-2-9(3-5-11)6-13(19)18-14-12(15)7-10(16)8-17-14/h2-5,7-8H,6,16H2,1H3,(H,17,18,19). The number of ether oxygens (including phenoxy) is 1. The number of halogens is 1. The third-order valence-corrected chi connectivity index (χ3v) is 3.25. The van der Waals surface area contributed by atoms with E-state index in [1.807, 2.05) is 24.3 Å². The number of carbonyl (C=O) groups is 1. The molecular weight excluding hydrogens is 322 g/mol. The molecule has 0 saturated heterocycles. The van der Waals surface area contributed by atoms with E-state index in [2.05, 4.69) is 26.2 Å². The highest BCUT2D eigenvalue weighted by atomic mass is 79.9. The first-order chi connectivity index (χ1) is 9.58. The Hall–Kier alpha value is -2.08. The van der Waals surface area contributed by atoms with Crippen molar-refractivity contribution in [2.75, 3.05) is 18.2 Å². The maximum absolute atomic E-state index is 11.9. The van der Waals surface area contributed by atoms with Gasteiger partial charge in [0.2, 0.25) is 5.91 Å². The molecule has 104 valence electrons. The summed E-state index contributed by atoms with van der Waals surface area (Å²) in [5, 5.41) is 2.73. The van der Waals surface area contributed by atoms with Gasteiger partial charge in [-0.05, 0) is 39.7 Å². The number of nitrogens with one attached hydrogen (secondary N) is 1. The van der Waals surface area contributed by atoms with E-state index < -0.39 is 0 Å². The van der Waals surface area contributed by atoms with Gasteiger partial charge in [-0.2, -0.15) is 0 Å². The number of hydrogen-bond acceptors (Lipinski definition) is 4. The average Bonchev–Trinajstić information content (AvgIpc) is 2.43.